The Balaban J connectivity index is 0.00000380. The minimum atomic E-state index is -0.846. The molecule has 1 fully saturated rings. The second-order valence-corrected chi connectivity index (χ2v) is 11.2. The number of fused-ring (bicyclic) bond motifs is 1. The number of carbonyl (C=O) groups excluding carboxylic acids is 3. The molecule has 0 aromatic heterocycles. The Morgan fingerprint density at radius 3 is 2.42 bits per heavy atom. The number of hydrogen-bond acceptors (Lipinski definition) is 8. The van der Waals surface area contributed by atoms with Crippen molar-refractivity contribution in [3.05, 3.63) is 22.8 Å². The number of phenols is 1. The van der Waals surface area contributed by atoms with Crippen LogP contribution < -0.4 is 10.6 Å². The van der Waals surface area contributed by atoms with Crippen LogP contribution in [0.3, 0.4) is 0 Å². The number of carbonyl (C=O) groups is 3. The second-order valence-electron chi connectivity index (χ2n) is 11.2. The summed E-state index contributed by atoms with van der Waals surface area (Å²) in [6, 6.07) is 1.90. The largest absolute Gasteiger partial charge is 0.507 e. The van der Waals surface area contributed by atoms with Gasteiger partial charge in [-0.1, -0.05) is 12.8 Å². The Labute approximate surface area is 225 Å². The third-order valence-electron chi connectivity index (χ3n) is 8.25. The lowest BCUT2D eigenvalue weighted by molar-refractivity contribution is -0.131. The molecule has 10 nitrogen and oxygen atoms in total. The Morgan fingerprint density at radius 1 is 1.21 bits per heavy atom. The molecule has 216 valence electrons. The average molecular weight is 539 g/mol. The molecule has 10 heteroatoms. The molecule has 0 aliphatic heterocycles. The first-order valence-corrected chi connectivity index (χ1v) is 13.3. The summed E-state index contributed by atoms with van der Waals surface area (Å²) in [6.07, 6.45) is 5.37. The lowest BCUT2D eigenvalue weighted by Gasteiger charge is -2.33. The quantitative estimate of drug-likeness (QED) is 0.232. The van der Waals surface area contributed by atoms with Crippen LogP contribution in [0.4, 0.5) is 5.69 Å². The zero-order valence-corrected chi connectivity index (χ0v) is 22.5. The molecule has 8 N–H and O–H groups in total. The van der Waals surface area contributed by atoms with E-state index in [0.717, 1.165) is 36.9 Å². The van der Waals surface area contributed by atoms with Gasteiger partial charge in [0.25, 0.3) is 0 Å². The van der Waals surface area contributed by atoms with Crippen LogP contribution in [0.25, 0.3) is 0 Å². The van der Waals surface area contributed by atoms with E-state index in [1.54, 1.807) is 0 Å². The maximum Gasteiger partial charge on any atom is 0.224 e. The number of phenolic OH excluding ortho intramolecular Hbond substituents is 1. The summed E-state index contributed by atoms with van der Waals surface area (Å²) in [7, 11) is 3.77. The molecule has 0 saturated heterocycles. The van der Waals surface area contributed by atoms with E-state index < -0.39 is 42.2 Å². The smallest absolute Gasteiger partial charge is 0.224 e. The van der Waals surface area contributed by atoms with Gasteiger partial charge in [-0.3, -0.25) is 14.4 Å². The maximum absolute atomic E-state index is 13.4. The summed E-state index contributed by atoms with van der Waals surface area (Å²) < 4.78 is 0. The molecule has 3 atom stereocenters. The van der Waals surface area contributed by atoms with Crippen molar-refractivity contribution in [1.29, 1.82) is 0 Å². The SMILES string of the molecule is CN(C)c1cc(CCC2(O)CCCC2)c(O)c2c1C[C@@H](CC(CCO)C(CO)C(=O)CC(N)=O)CC2=O.O.[HH]. The van der Waals surface area contributed by atoms with Crippen LogP contribution in [0.1, 0.15) is 80.7 Å². The number of Topliss-reactive ketones (excluding diaryl/α,β-unsaturated/α-hetero) is 2. The number of nitrogens with two attached hydrogens (primary N) is 1. The first-order valence-electron chi connectivity index (χ1n) is 13.3. The molecular formula is C28H46N2O8. The summed E-state index contributed by atoms with van der Waals surface area (Å²) >= 11 is 0. The fourth-order valence-electron chi connectivity index (χ4n) is 6.28. The van der Waals surface area contributed by atoms with E-state index in [1.165, 1.54) is 0 Å². The molecule has 38 heavy (non-hydrogen) atoms. The number of aromatic hydroxyl groups is 1. The molecular weight excluding hydrogens is 492 g/mol. The molecule has 0 radical (unpaired) electrons. The number of nitrogens with zero attached hydrogens (tertiary/aromatic N) is 1. The van der Waals surface area contributed by atoms with E-state index >= 15 is 0 Å². The van der Waals surface area contributed by atoms with Crippen molar-refractivity contribution in [2.24, 2.45) is 23.5 Å². The minimum absolute atomic E-state index is 0. The van der Waals surface area contributed by atoms with E-state index in [1.807, 2.05) is 25.1 Å². The van der Waals surface area contributed by atoms with E-state index in [4.69, 9.17) is 5.73 Å². The fourth-order valence-corrected chi connectivity index (χ4v) is 6.28. The number of aliphatic hydroxyl groups excluding tert-OH is 2. The van der Waals surface area contributed by atoms with Gasteiger partial charge in [0.2, 0.25) is 5.91 Å². The highest BCUT2D eigenvalue weighted by Gasteiger charge is 2.37. The molecule has 0 spiro atoms. The maximum atomic E-state index is 13.4. The predicted molar refractivity (Wildman–Crippen MR) is 145 cm³/mol. The van der Waals surface area contributed by atoms with E-state index in [9.17, 15) is 34.8 Å². The topological polar surface area (TPSA) is 193 Å². The van der Waals surface area contributed by atoms with Crippen LogP contribution in [0, 0.1) is 17.8 Å². The Morgan fingerprint density at radius 2 is 1.87 bits per heavy atom. The van der Waals surface area contributed by atoms with Crippen molar-refractivity contribution < 1.29 is 41.7 Å². The van der Waals surface area contributed by atoms with Crippen molar-refractivity contribution in [2.75, 3.05) is 32.2 Å². The lowest BCUT2D eigenvalue weighted by atomic mass is 9.73. The zero-order valence-electron chi connectivity index (χ0n) is 22.5. The number of amides is 1. The second kappa shape index (κ2) is 13.5. The number of aryl methyl sites for hydroxylation is 1. The monoisotopic (exact) mass is 538 g/mol. The van der Waals surface area contributed by atoms with Crippen LogP contribution in [0.15, 0.2) is 6.07 Å². The zero-order chi connectivity index (χ0) is 27.3. The standard InChI is InChI=1S/C28H42N2O7.H2O.H2/c1-30(2)22-14-19(5-9-28(37)7-3-4-8-28)27(36)26-20(22)12-17(13-24(26)34)11-18(6-10-31)21(16-32)23(33)15-25(29)35;;/h14,17-18,21,31-32,36-37H,3-13,15-16H2,1-2H3,(H2,29,35);1H2;1H/t17-,18?,21?;;/m1../s1. The molecule has 3 rings (SSSR count). The summed E-state index contributed by atoms with van der Waals surface area (Å²) in [4.78, 5) is 39.1. The number of benzene rings is 1. The van der Waals surface area contributed by atoms with E-state index in [2.05, 4.69) is 0 Å². The number of rotatable bonds is 13. The van der Waals surface area contributed by atoms with Gasteiger partial charge >= 0.3 is 0 Å². The molecule has 2 aliphatic rings. The molecule has 0 heterocycles. The fraction of sp³-hybridized carbons (Fsp3) is 0.679. The third kappa shape index (κ3) is 7.31. The van der Waals surface area contributed by atoms with Crippen molar-refractivity contribution >= 4 is 23.2 Å². The van der Waals surface area contributed by atoms with Crippen molar-refractivity contribution in [3.8, 4) is 5.75 Å². The van der Waals surface area contributed by atoms with Crippen LogP contribution in [-0.4, -0.2) is 76.3 Å². The number of anilines is 1. The molecule has 2 aliphatic carbocycles. The van der Waals surface area contributed by atoms with Gasteiger partial charge in [-0.15, -0.1) is 0 Å². The summed E-state index contributed by atoms with van der Waals surface area (Å²) in [5.41, 5.74) is 7.03. The number of hydrogen-bond donors (Lipinski definition) is 5. The van der Waals surface area contributed by atoms with Gasteiger partial charge in [0.15, 0.2) is 5.78 Å². The highest BCUT2D eigenvalue weighted by molar-refractivity contribution is 6.03. The summed E-state index contributed by atoms with van der Waals surface area (Å²) in [5, 5.41) is 41.4. The molecule has 2 unspecified atom stereocenters. The van der Waals surface area contributed by atoms with E-state index in [-0.39, 0.29) is 43.8 Å². The van der Waals surface area contributed by atoms with Crippen molar-refractivity contribution in [3.63, 3.8) is 0 Å². The van der Waals surface area contributed by atoms with Crippen LogP contribution in [0.2, 0.25) is 0 Å². The minimum Gasteiger partial charge on any atom is -0.507 e. The Hall–Kier alpha value is -2.53. The average Bonchev–Trinajstić information content (AvgIpc) is 3.24. The molecule has 1 saturated carbocycles. The van der Waals surface area contributed by atoms with Crippen LogP contribution >= 0.6 is 0 Å². The van der Waals surface area contributed by atoms with Gasteiger partial charge in [-0.25, -0.2) is 0 Å². The van der Waals surface area contributed by atoms with Gasteiger partial charge in [-0.2, -0.15) is 0 Å². The first-order chi connectivity index (χ1) is 17.5. The summed E-state index contributed by atoms with van der Waals surface area (Å²) in [6.45, 7) is -0.658. The highest BCUT2D eigenvalue weighted by atomic mass is 16.3. The van der Waals surface area contributed by atoms with Crippen LogP contribution in [-0.2, 0) is 22.4 Å². The molecule has 1 aromatic rings. The third-order valence-corrected chi connectivity index (χ3v) is 8.25. The highest BCUT2D eigenvalue weighted by Crippen LogP contribution is 2.43. The van der Waals surface area contributed by atoms with Gasteiger partial charge < -0.3 is 36.5 Å². The number of ketones is 2. The van der Waals surface area contributed by atoms with Crippen LogP contribution in [0.5, 0.6) is 5.75 Å². The van der Waals surface area contributed by atoms with Gasteiger partial charge in [0.05, 0.1) is 24.2 Å². The molecule has 1 amide bonds. The Bertz CT molecular complexity index is 1010. The number of aliphatic hydroxyl groups is 3. The Kier molecular flexibility index (Phi) is 11.3. The number of primary amides is 1. The van der Waals surface area contributed by atoms with Crippen molar-refractivity contribution in [2.45, 2.75) is 76.2 Å². The van der Waals surface area contributed by atoms with Gasteiger partial charge in [0, 0.05) is 40.2 Å². The van der Waals surface area contributed by atoms with Gasteiger partial charge in [-0.05, 0) is 74.0 Å². The molecule has 0 bridgehead atoms. The van der Waals surface area contributed by atoms with E-state index in [0.29, 0.717) is 36.8 Å². The lowest BCUT2D eigenvalue weighted by Crippen LogP contribution is -2.34. The normalized spacial score (nSPS) is 19.8. The first kappa shape index (κ1) is 31.7. The van der Waals surface area contributed by atoms with Crippen molar-refractivity contribution in [1.82, 2.24) is 0 Å². The summed E-state index contributed by atoms with van der Waals surface area (Å²) in [5.74, 6) is -2.84. The molecule has 1 aromatic carbocycles. The predicted octanol–water partition coefficient (Wildman–Crippen LogP) is 1.30. The van der Waals surface area contributed by atoms with Gasteiger partial charge in [0.1, 0.15) is 11.5 Å².